The standard InChI is InChI=1S/C25H30BrClN2O3/c1-16-12-21(13-17(2)24(16)26)32-15-23(30)29(14-19-8-4-7-11-22(19)27)18(3)25(31)28-20-9-5-6-10-20/h4,7-8,11-13,18,20H,5-6,9-10,14-15H2,1-3H3,(H,28,31). The van der Waals surface area contributed by atoms with Gasteiger partial charge in [0.1, 0.15) is 11.8 Å². The molecular formula is C25H30BrClN2O3. The van der Waals surface area contributed by atoms with Crippen LogP contribution in [0.3, 0.4) is 0 Å². The SMILES string of the molecule is Cc1cc(OCC(=O)N(Cc2ccccc2Cl)C(C)C(=O)NC2CCCC2)cc(C)c1Br. The summed E-state index contributed by atoms with van der Waals surface area (Å²) in [6, 6.07) is 10.7. The highest BCUT2D eigenvalue weighted by molar-refractivity contribution is 9.10. The van der Waals surface area contributed by atoms with E-state index in [9.17, 15) is 9.59 Å². The van der Waals surface area contributed by atoms with Crippen molar-refractivity contribution in [3.8, 4) is 5.75 Å². The Hall–Kier alpha value is -2.05. The summed E-state index contributed by atoms with van der Waals surface area (Å²) in [6.45, 7) is 5.79. The van der Waals surface area contributed by atoms with Crippen molar-refractivity contribution < 1.29 is 14.3 Å². The van der Waals surface area contributed by atoms with Gasteiger partial charge in [-0.3, -0.25) is 9.59 Å². The minimum absolute atomic E-state index is 0.146. The molecule has 32 heavy (non-hydrogen) atoms. The first-order chi connectivity index (χ1) is 15.3. The molecule has 172 valence electrons. The van der Waals surface area contributed by atoms with Crippen LogP contribution >= 0.6 is 27.5 Å². The number of nitrogens with one attached hydrogen (secondary N) is 1. The predicted octanol–water partition coefficient (Wildman–Crippen LogP) is 5.57. The van der Waals surface area contributed by atoms with Crippen LogP contribution in [0.1, 0.15) is 49.3 Å². The number of aryl methyl sites for hydroxylation is 2. The number of carbonyl (C=O) groups is 2. The minimum atomic E-state index is -0.642. The second-order valence-corrected chi connectivity index (χ2v) is 9.64. The lowest BCUT2D eigenvalue weighted by Gasteiger charge is -2.30. The maximum absolute atomic E-state index is 13.2. The number of ether oxygens (including phenoxy) is 1. The van der Waals surface area contributed by atoms with Crippen molar-refractivity contribution in [1.29, 1.82) is 0 Å². The van der Waals surface area contributed by atoms with E-state index in [4.69, 9.17) is 16.3 Å². The van der Waals surface area contributed by atoms with Crippen molar-refractivity contribution in [2.45, 2.75) is 65.1 Å². The van der Waals surface area contributed by atoms with Crippen molar-refractivity contribution in [2.24, 2.45) is 0 Å². The maximum Gasteiger partial charge on any atom is 0.261 e. The van der Waals surface area contributed by atoms with E-state index in [1.54, 1.807) is 17.9 Å². The van der Waals surface area contributed by atoms with Crippen LogP contribution in [0.15, 0.2) is 40.9 Å². The maximum atomic E-state index is 13.2. The summed E-state index contributed by atoms with van der Waals surface area (Å²) in [5.41, 5.74) is 2.85. The van der Waals surface area contributed by atoms with Crippen LogP contribution in [0.4, 0.5) is 0 Å². The van der Waals surface area contributed by atoms with Gasteiger partial charge in [-0.05, 0) is 68.5 Å². The van der Waals surface area contributed by atoms with E-state index < -0.39 is 6.04 Å². The van der Waals surface area contributed by atoms with Gasteiger partial charge in [-0.15, -0.1) is 0 Å². The number of hydrogen-bond acceptors (Lipinski definition) is 3. The number of hydrogen-bond donors (Lipinski definition) is 1. The minimum Gasteiger partial charge on any atom is -0.484 e. The first kappa shape index (κ1) is 24.6. The summed E-state index contributed by atoms with van der Waals surface area (Å²) >= 11 is 9.89. The molecular weight excluding hydrogens is 492 g/mol. The highest BCUT2D eigenvalue weighted by Gasteiger charge is 2.29. The van der Waals surface area contributed by atoms with Gasteiger partial charge in [0, 0.05) is 22.1 Å². The number of amides is 2. The highest BCUT2D eigenvalue weighted by atomic mass is 79.9. The van der Waals surface area contributed by atoms with Gasteiger partial charge in [0.2, 0.25) is 5.91 Å². The highest BCUT2D eigenvalue weighted by Crippen LogP contribution is 2.26. The molecule has 0 aromatic heterocycles. The first-order valence-corrected chi connectivity index (χ1v) is 12.2. The smallest absolute Gasteiger partial charge is 0.261 e. The van der Waals surface area contributed by atoms with E-state index in [0.717, 1.165) is 46.8 Å². The summed E-state index contributed by atoms with van der Waals surface area (Å²) in [7, 11) is 0. The summed E-state index contributed by atoms with van der Waals surface area (Å²) in [6.07, 6.45) is 4.23. The van der Waals surface area contributed by atoms with Crippen molar-refractivity contribution >= 4 is 39.3 Å². The third kappa shape index (κ3) is 6.26. The zero-order valence-electron chi connectivity index (χ0n) is 18.8. The molecule has 1 N–H and O–H groups in total. The van der Waals surface area contributed by atoms with Crippen LogP contribution < -0.4 is 10.1 Å². The molecule has 2 amide bonds. The third-order valence-electron chi connectivity index (χ3n) is 5.94. The summed E-state index contributed by atoms with van der Waals surface area (Å²) < 4.78 is 6.84. The van der Waals surface area contributed by atoms with E-state index in [2.05, 4.69) is 21.2 Å². The van der Waals surface area contributed by atoms with Crippen molar-refractivity contribution in [1.82, 2.24) is 10.2 Å². The van der Waals surface area contributed by atoms with Crippen LogP contribution in [-0.2, 0) is 16.1 Å². The van der Waals surface area contributed by atoms with Gasteiger partial charge in [0.05, 0.1) is 0 Å². The predicted molar refractivity (Wildman–Crippen MR) is 131 cm³/mol. The molecule has 1 aliphatic rings. The molecule has 1 saturated carbocycles. The Labute approximate surface area is 203 Å². The Morgan fingerprint density at radius 3 is 2.44 bits per heavy atom. The number of nitrogens with zero attached hydrogens (tertiary/aromatic N) is 1. The van der Waals surface area contributed by atoms with Gasteiger partial charge >= 0.3 is 0 Å². The van der Waals surface area contributed by atoms with Gasteiger partial charge in [0.15, 0.2) is 6.61 Å². The Kier molecular flexibility index (Phi) is 8.60. The molecule has 1 aliphatic carbocycles. The number of carbonyl (C=O) groups excluding carboxylic acids is 2. The molecule has 0 bridgehead atoms. The molecule has 0 radical (unpaired) electrons. The molecule has 1 unspecified atom stereocenters. The molecule has 5 nitrogen and oxygen atoms in total. The Morgan fingerprint density at radius 2 is 1.81 bits per heavy atom. The molecule has 0 aliphatic heterocycles. The zero-order chi connectivity index (χ0) is 23.3. The number of halogens is 2. The average Bonchev–Trinajstić information content (AvgIpc) is 3.27. The number of rotatable bonds is 8. The summed E-state index contributed by atoms with van der Waals surface area (Å²) in [5.74, 6) is 0.210. The summed E-state index contributed by atoms with van der Waals surface area (Å²) in [4.78, 5) is 27.7. The lowest BCUT2D eigenvalue weighted by molar-refractivity contribution is -0.142. The molecule has 2 aromatic rings. The quantitative estimate of drug-likeness (QED) is 0.494. The van der Waals surface area contributed by atoms with E-state index in [0.29, 0.717) is 10.8 Å². The van der Waals surface area contributed by atoms with E-state index in [-0.39, 0.29) is 31.0 Å². The monoisotopic (exact) mass is 520 g/mol. The van der Waals surface area contributed by atoms with Crippen LogP contribution in [0, 0.1) is 13.8 Å². The molecule has 1 atom stereocenters. The fraction of sp³-hybridized carbons (Fsp3) is 0.440. The van der Waals surface area contributed by atoms with Gasteiger partial charge in [-0.1, -0.05) is 58.6 Å². The van der Waals surface area contributed by atoms with E-state index >= 15 is 0 Å². The molecule has 7 heteroatoms. The van der Waals surface area contributed by atoms with Gasteiger partial charge < -0.3 is 15.0 Å². The second kappa shape index (κ2) is 11.2. The lowest BCUT2D eigenvalue weighted by Crippen LogP contribution is -2.50. The second-order valence-electron chi connectivity index (χ2n) is 8.44. The van der Waals surface area contributed by atoms with Gasteiger partial charge in [-0.2, -0.15) is 0 Å². The Balaban J connectivity index is 1.75. The molecule has 1 fully saturated rings. The average molecular weight is 522 g/mol. The summed E-state index contributed by atoms with van der Waals surface area (Å²) in [5, 5.41) is 3.66. The van der Waals surface area contributed by atoms with E-state index in [1.807, 2.05) is 44.2 Å². The van der Waals surface area contributed by atoms with Crippen molar-refractivity contribution in [3.63, 3.8) is 0 Å². The Bertz CT molecular complexity index is 952. The first-order valence-electron chi connectivity index (χ1n) is 11.0. The molecule has 0 saturated heterocycles. The fourth-order valence-electron chi connectivity index (χ4n) is 4.00. The normalized spacial score (nSPS) is 14.8. The fourth-order valence-corrected chi connectivity index (χ4v) is 4.43. The number of benzene rings is 2. The van der Waals surface area contributed by atoms with Crippen LogP contribution in [0.2, 0.25) is 5.02 Å². The molecule has 3 rings (SSSR count). The molecule has 2 aromatic carbocycles. The van der Waals surface area contributed by atoms with Crippen LogP contribution in [0.25, 0.3) is 0 Å². The van der Waals surface area contributed by atoms with Crippen LogP contribution in [0.5, 0.6) is 5.75 Å². The topological polar surface area (TPSA) is 58.6 Å². The molecule has 0 heterocycles. The van der Waals surface area contributed by atoms with Crippen molar-refractivity contribution in [2.75, 3.05) is 6.61 Å². The Morgan fingerprint density at radius 1 is 1.19 bits per heavy atom. The van der Waals surface area contributed by atoms with Gasteiger partial charge in [-0.25, -0.2) is 0 Å². The zero-order valence-corrected chi connectivity index (χ0v) is 21.1. The largest absolute Gasteiger partial charge is 0.484 e. The third-order valence-corrected chi connectivity index (χ3v) is 7.56. The van der Waals surface area contributed by atoms with Crippen LogP contribution in [-0.4, -0.2) is 35.4 Å². The van der Waals surface area contributed by atoms with Gasteiger partial charge in [0.25, 0.3) is 5.91 Å². The van der Waals surface area contributed by atoms with E-state index in [1.165, 1.54) is 0 Å². The molecule has 0 spiro atoms. The lowest BCUT2D eigenvalue weighted by atomic mass is 10.1. The van der Waals surface area contributed by atoms with Crippen molar-refractivity contribution in [3.05, 3.63) is 62.6 Å².